The molecular weight excluding hydrogens is 176 g/mol. The van der Waals surface area contributed by atoms with Crippen LogP contribution in [0.4, 0.5) is 0 Å². The molecule has 2 heteroatoms. The number of terminal acetylenes is 1. The first-order valence-corrected chi connectivity index (χ1v) is 4.90. The van der Waals surface area contributed by atoms with E-state index in [1.54, 1.807) is 0 Å². The fraction of sp³-hybridized carbons (Fsp3) is 0.667. The minimum atomic E-state index is -0.428. The van der Waals surface area contributed by atoms with Gasteiger partial charge in [0.25, 0.3) is 0 Å². The Bertz CT molecular complexity index is 209. The number of aliphatic hydroxyl groups is 2. The molecule has 0 aliphatic rings. The van der Waals surface area contributed by atoms with E-state index in [0.717, 1.165) is 18.4 Å². The van der Waals surface area contributed by atoms with Gasteiger partial charge in [0.2, 0.25) is 0 Å². The highest BCUT2D eigenvalue weighted by atomic mass is 16.3. The van der Waals surface area contributed by atoms with Crippen molar-refractivity contribution >= 4 is 0 Å². The van der Waals surface area contributed by atoms with Crippen molar-refractivity contribution in [2.24, 2.45) is 5.41 Å². The molecule has 0 heterocycles. The molecule has 0 aromatic rings. The highest BCUT2D eigenvalue weighted by Gasteiger charge is 2.27. The molecule has 0 atom stereocenters. The third-order valence-corrected chi connectivity index (χ3v) is 2.38. The lowest BCUT2D eigenvalue weighted by Gasteiger charge is -2.29. The second kappa shape index (κ2) is 6.64. The molecule has 0 saturated carbocycles. The Balaban J connectivity index is 4.23. The molecule has 14 heavy (non-hydrogen) atoms. The van der Waals surface area contributed by atoms with Gasteiger partial charge in [0.05, 0.1) is 13.2 Å². The molecule has 0 aliphatic heterocycles. The van der Waals surface area contributed by atoms with Crippen LogP contribution in [0.15, 0.2) is 12.2 Å². The topological polar surface area (TPSA) is 40.5 Å². The number of hydrogen-bond acceptors (Lipinski definition) is 2. The third-order valence-electron chi connectivity index (χ3n) is 2.38. The van der Waals surface area contributed by atoms with Gasteiger partial charge in [0.1, 0.15) is 0 Å². The van der Waals surface area contributed by atoms with E-state index in [2.05, 4.69) is 12.5 Å². The van der Waals surface area contributed by atoms with E-state index in [1.807, 2.05) is 6.92 Å². The zero-order valence-electron chi connectivity index (χ0n) is 8.92. The van der Waals surface area contributed by atoms with Crippen LogP contribution < -0.4 is 0 Å². The summed E-state index contributed by atoms with van der Waals surface area (Å²) in [4.78, 5) is 0. The van der Waals surface area contributed by atoms with Crippen molar-refractivity contribution < 1.29 is 10.2 Å². The normalized spacial score (nSPS) is 11.0. The molecule has 0 amide bonds. The van der Waals surface area contributed by atoms with Gasteiger partial charge < -0.3 is 10.2 Å². The third kappa shape index (κ3) is 4.45. The summed E-state index contributed by atoms with van der Waals surface area (Å²) < 4.78 is 0. The molecular formula is C12H20O2. The van der Waals surface area contributed by atoms with Crippen LogP contribution in [0.25, 0.3) is 0 Å². The number of aliphatic hydroxyl groups excluding tert-OH is 2. The van der Waals surface area contributed by atoms with E-state index >= 15 is 0 Å². The SMILES string of the molecule is C#CCCCC(CO)(CO)CC(=C)C. The number of hydrogen-bond donors (Lipinski definition) is 2. The van der Waals surface area contributed by atoms with Crippen molar-refractivity contribution in [3.05, 3.63) is 12.2 Å². The molecule has 0 unspecified atom stereocenters. The van der Waals surface area contributed by atoms with Crippen molar-refractivity contribution in [1.29, 1.82) is 0 Å². The highest BCUT2D eigenvalue weighted by Crippen LogP contribution is 2.30. The Morgan fingerprint density at radius 1 is 1.43 bits per heavy atom. The van der Waals surface area contributed by atoms with Crippen molar-refractivity contribution in [1.82, 2.24) is 0 Å². The van der Waals surface area contributed by atoms with Crippen LogP contribution in [0.3, 0.4) is 0 Å². The summed E-state index contributed by atoms with van der Waals surface area (Å²) in [6.45, 7) is 5.68. The summed E-state index contributed by atoms with van der Waals surface area (Å²) in [6, 6.07) is 0. The van der Waals surface area contributed by atoms with E-state index in [0.29, 0.717) is 12.8 Å². The van der Waals surface area contributed by atoms with Gasteiger partial charge >= 0.3 is 0 Å². The zero-order valence-corrected chi connectivity index (χ0v) is 8.92. The fourth-order valence-corrected chi connectivity index (χ4v) is 1.61. The maximum absolute atomic E-state index is 9.27. The molecule has 0 aromatic heterocycles. The van der Waals surface area contributed by atoms with Gasteiger partial charge in [-0.05, 0) is 26.2 Å². The van der Waals surface area contributed by atoms with Crippen molar-refractivity contribution in [2.45, 2.75) is 32.6 Å². The first-order valence-electron chi connectivity index (χ1n) is 4.90. The lowest BCUT2D eigenvalue weighted by Crippen LogP contribution is -2.30. The monoisotopic (exact) mass is 196 g/mol. The molecule has 0 bridgehead atoms. The Morgan fingerprint density at radius 2 is 2.00 bits per heavy atom. The first kappa shape index (κ1) is 13.2. The highest BCUT2D eigenvalue weighted by molar-refractivity contribution is 4.97. The minimum Gasteiger partial charge on any atom is -0.396 e. The predicted octanol–water partition coefficient (Wildman–Crippen LogP) is 1.73. The van der Waals surface area contributed by atoms with Gasteiger partial charge in [0, 0.05) is 11.8 Å². The predicted molar refractivity (Wildman–Crippen MR) is 58.7 cm³/mol. The Labute approximate surface area is 86.7 Å². The Hall–Kier alpha value is -0.780. The van der Waals surface area contributed by atoms with Crippen LogP contribution in [0.2, 0.25) is 0 Å². The molecule has 0 rings (SSSR count). The van der Waals surface area contributed by atoms with E-state index in [9.17, 15) is 10.2 Å². The van der Waals surface area contributed by atoms with E-state index in [-0.39, 0.29) is 13.2 Å². The van der Waals surface area contributed by atoms with Gasteiger partial charge in [0.15, 0.2) is 0 Å². The summed E-state index contributed by atoms with van der Waals surface area (Å²) in [5, 5.41) is 18.5. The second-order valence-corrected chi connectivity index (χ2v) is 4.01. The van der Waals surface area contributed by atoms with Gasteiger partial charge in [-0.25, -0.2) is 0 Å². The Morgan fingerprint density at radius 3 is 2.36 bits per heavy atom. The first-order chi connectivity index (χ1) is 6.60. The fourth-order valence-electron chi connectivity index (χ4n) is 1.61. The number of unbranched alkanes of at least 4 members (excludes halogenated alkanes) is 1. The van der Waals surface area contributed by atoms with Crippen LogP contribution in [-0.4, -0.2) is 23.4 Å². The summed E-state index contributed by atoms with van der Waals surface area (Å²) in [7, 11) is 0. The smallest absolute Gasteiger partial charge is 0.0512 e. The number of rotatable bonds is 7. The lowest BCUT2D eigenvalue weighted by atomic mass is 9.79. The lowest BCUT2D eigenvalue weighted by molar-refractivity contribution is 0.0460. The van der Waals surface area contributed by atoms with Crippen LogP contribution >= 0.6 is 0 Å². The molecule has 0 spiro atoms. The molecule has 2 nitrogen and oxygen atoms in total. The minimum absolute atomic E-state index is 0.0130. The molecule has 2 N–H and O–H groups in total. The van der Waals surface area contributed by atoms with Gasteiger partial charge in [-0.1, -0.05) is 5.57 Å². The summed E-state index contributed by atoms with van der Waals surface area (Å²) in [5.41, 5.74) is 0.552. The number of allylic oxidation sites excluding steroid dienone is 1. The molecule has 0 saturated heterocycles. The molecule has 0 aliphatic carbocycles. The second-order valence-electron chi connectivity index (χ2n) is 4.01. The van der Waals surface area contributed by atoms with Crippen molar-refractivity contribution in [3.8, 4) is 12.3 Å². The molecule has 0 aromatic carbocycles. The van der Waals surface area contributed by atoms with Gasteiger partial charge in [-0.2, -0.15) is 0 Å². The van der Waals surface area contributed by atoms with Gasteiger partial charge in [-0.3, -0.25) is 0 Å². The van der Waals surface area contributed by atoms with Crippen molar-refractivity contribution in [2.75, 3.05) is 13.2 Å². The summed E-state index contributed by atoms with van der Waals surface area (Å²) in [6.07, 6.45) is 8.08. The van der Waals surface area contributed by atoms with Crippen LogP contribution in [0, 0.1) is 17.8 Å². The quantitative estimate of drug-likeness (QED) is 0.370. The summed E-state index contributed by atoms with van der Waals surface area (Å²) in [5.74, 6) is 2.56. The van der Waals surface area contributed by atoms with E-state index in [4.69, 9.17) is 6.42 Å². The molecule has 0 fully saturated rings. The standard InChI is InChI=1S/C12H20O2/c1-4-5-6-7-12(9-13,10-14)8-11(2)3/h1,13-14H,2,5-10H2,3H3. The molecule has 0 radical (unpaired) electrons. The average molecular weight is 196 g/mol. The largest absolute Gasteiger partial charge is 0.396 e. The molecule has 80 valence electrons. The average Bonchev–Trinajstić information content (AvgIpc) is 2.16. The van der Waals surface area contributed by atoms with Crippen LogP contribution in [0.5, 0.6) is 0 Å². The summed E-state index contributed by atoms with van der Waals surface area (Å²) >= 11 is 0. The maximum atomic E-state index is 9.27. The van der Waals surface area contributed by atoms with Crippen molar-refractivity contribution in [3.63, 3.8) is 0 Å². The maximum Gasteiger partial charge on any atom is 0.0512 e. The van der Waals surface area contributed by atoms with Crippen LogP contribution in [-0.2, 0) is 0 Å². The zero-order chi connectivity index (χ0) is 11.0. The van der Waals surface area contributed by atoms with E-state index < -0.39 is 5.41 Å². The van der Waals surface area contributed by atoms with E-state index in [1.165, 1.54) is 0 Å². The van der Waals surface area contributed by atoms with Gasteiger partial charge in [-0.15, -0.1) is 18.9 Å². The Kier molecular flexibility index (Phi) is 6.27. The van der Waals surface area contributed by atoms with Crippen LogP contribution in [0.1, 0.15) is 32.6 Å².